The van der Waals surface area contributed by atoms with Crippen molar-refractivity contribution in [2.24, 2.45) is 0 Å². The molecule has 29 heavy (non-hydrogen) atoms. The fourth-order valence-electron chi connectivity index (χ4n) is 3.16. The quantitative estimate of drug-likeness (QED) is 0.632. The summed E-state index contributed by atoms with van der Waals surface area (Å²) in [5.74, 6) is 0.327. The molecule has 1 saturated heterocycles. The number of piperazine rings is 1. The summed E-state index contributed by atoms with van der Waals surface area (Å²) < 4.78 is 33.7. The third-order valence-electron chi connectivity index (χ3n) is 4.67. The molecule has 0 saturated carbocycles. The number of amides is 1. The lowest BCUT2D eigenvalue weighted by molar-refractivity contribution is 0.0956. The molecular formula is C20H26N4O4S. The van der Waals surface area contributed by atoms with E-state index in [4.69, 9.17) is 4.74 Å². The lowest BCUT2D eigenvalue weighted by Crippen LogP contribution is -2.43. The molecule has 0 aromatic heterocycles. The van der Waals surface area contributed by atoms with E-state index in [9.17, 15) is 13.2 Å². The molecule has 0 radical (unpaired) electrons. The molecule has 3 N–H and O–H groups in total. The minimum atomic E-state index is -3.83. The van der Waals surface area contributed by atoms with Gasteiger partial charge in [0.15, 0.2) is 0 Å². The fourth-order valence-corrected chi connectivity index (χ4v) is 4.23. The van der Waals surface area contributed by atoms with Crippen LogP contribution in [-0.4, -0.2) is 54.2 Å². The van der Waals surface area contributed by atoms with Crippen molar-refractivity contribution in [2.45, 2.75) is 11.8 Å². The maximum Gasteiger partial charge on any atom is 0.261 e. The molecule has 156 valence electrons. The molecular weight excluding hydrogens is 392 g/mol. The molecule has 0 spiro atoms. The number of nitrogens with one attached hydrogen (secondary N) is 3. The maximum atomic E-state index is 13.0. The van der Waals surface area contributed by atoms with E-state index in [1.54, 1.807) is 30.3 Å². The van der Waals surface area contributed by atoms with E-state index < -0.39 is 10.0 Å². The number of methoxy groups -OCH3 is 1. The molecule has 1 aliphatic heterocycles. The van der Waals surface area contributed by atoms with E-state index in [0.717, 1.165) is 31.9 Å². The van der Waals surface area contributed by atoms with E-state index in [2.05, 4.69) is 20.3 Å². The molecule has 0 bridgehead atoms. The van der Waals surface area contributed by atoms with Crippen molar-refractivity contribution in [3.63, 3.8) is 0 Å². The molecule has 9 heteroatoms. The Bertz CT molecular complexity index is 955. The van der Waals surface area contributed by atoms with Crippen molar-refractivity contribution in [3.8, 4) is 5.75 Å². The second-order valence-corrected chi connectivity index (χ2v) is 8.29. The average molecular weight is 419 g/mol. The van der Waals surface area contributed by atoms with E-state index in [1.165, 1.54) is 19.2 Å². The lowest BCUT2D eigenvalue weighted by Gasteiger charge is -2.31. The third kappa shape index (κ3) is 4.99. The Morgan fingerprint density at radius 3 is 2.45 bits per heavy atom. The van der Waals surface area contributed by atoms with Gasteiger partial charge < -0.3 is 20.3 Å². The summed E-state index contributed by atoms with van der Waals surface area (Å²) in [6, 6.07) is 11.3. The normalized spacial score (nSPS) is 14.3. The molecule has 2 aromatic rings. The van der Waals surface area contributed by atoms with Crippen LogP contribution in [0.5, 0.6) is 5.75 Å². The first-order chi connectivity index (χ1) is 13.9. The van der Waals surface area contributed by atoms with Crippen molar-refractivity contribution >= 4 is 27.3 Å². The summed E-state index contributed by atoms with van der Waals surface area (Å²) in [6.45, 7) is 5.44. The van der Waals surface area contributed by atoms with E-state index in [1.807, 2.05) is 6.92 Å². The molecule has 1 aliphatic rings. The standard InChI is InChI=1S/C20H26N4O4S/c1-3-22-20(25)15-4-9-19(24-12-10-21-11-13-24)18(14-15)23-29(26,27)17-7-5-16(28-2)6-8-17/h4-9,14,21,23H,3,10-13H2,1-2H3,(H,22,25). The van der Waals surface area contributed by atoms with Crippen LogP contribution in [0.4, 0.5) is 11.4 Å². The molecule has 1 heterocycles. The zero-order valence-corrected chi connectivity index (χ0v) is 17.4. The predicted molar refractivity (Wildman–Crippen MR) is 113 cm³/mol. The SMILES string of the molecule is CCNC(=O)c1ccc(N2CCNCC2)c(NS(=O)(=O)c2ccc(OC)cc2)c1. The van der Waals surface area contributed by atoms with Crippen LogP contribution in [0.15, 0.2) is 47.4 Å². The lowest BCUT2D eigenvalue weighted by atomic mass is 10.1. The van der Waals surface area contributed by atoms with Gasteiger partial charge in [0.05, 0.1) is 23.4 Å². The van der Waals surface area contributed by atoms with Gasteiger partial charge in [-0.15, -0.1) is 0 Å². The second-order valence-electron chi connectivity index (χ2n) is 6.61. The van der Waals surface area contributed by atoms with Crippen LogP contribution in [0.1, 0.15) is 17.3 Å². The Hall–Kier alpha value is -2.78. The highest BCUT2D eigenvalue weighted by Gasteiger charge is 2.21. The zero-order valence-electron chi connectivity index (χ0n) is 16.6. The first-order valence-corrected chi connectivity index (χ1v) is 11.0. The largest absolute Gasteiger partial charge is 0.497 e. The number of carbonyl (C=O) groups is 1. The first kappa shape index (κ1) is 20.9. The van der Waals surface area contributed by atoms with Gasteiger partial charge in [-0.2, -0.15) is 0 Å². The Morgan fingerprint density at radius 2 is 1.83 bits per heavy atom. The molecule has 0 atom stereocenters. The minimum Gasteiger partial charge on any atom is -0.497 e. The van der Waals surface area contributed by atoms with Crippen molar-refractivity contribution in [3.05, 3.63) is 48.0 Å². The van der Waals surface area contributed by atoms with Gasteiger partial charge in [0.25, 0.3) is 15.9 Å². The number of hydrogen-bond donors (Lipinski definition) is 3. The van der Waals surface area contributed by atoms with E-state index in [0.29, 0.717) is 23.5 Å². The van der Waals surface area contributed by atoms with Crippen molar-refractivity contribution in [1.82, 2.24) is 10.6 Å². The van der Waals surface area contributed by atoms with Gasteiger partial charge in [0.2, 0.25) is 0 Å². The van der Waals surface area contributed by atoms with Gasteiger partial charge >= 0.3 is 0 Å². The van der Waals surface area contributed by atoms with E-state index in [-0.39, 0.29) is 10.8 Å². The van der Waals surface area contributed by atoms with Crippen LogP contribution >= 0.6 is 0 Å². The van der Waals surface area contributed by atoms with Crippen LogP contribution in [0, 0.1) is 0 Å². The third-order valence-corrected chi connectivity index (χ3v) is 6.05. The number of hydrogen-bond acceptors (Lipinski definition) is 6. The van der Waals surface area contributed by atoms with Crippen LogP contribution in [0.2, 0.25) is 0 Å². The molecule has 8 nitrogen and oxygen atoms in total. The predicted octanol–water partition coefficient (Wildman–Crippen LogP) is 1.66. The Morgan fingerprint density at radius 1 is 1.14 bits per heavy atom. The van der Waals surface area contributed by atoms with Gasteiger partial charge in [-0.3, -0.25) is 9.52 Å². The number of benzene rings is 2. The number of carbonyl (C=O) groups excluding carboxylic acids is 1. The van der Waals surface area contributed by atoms with E-state index >= 15 is 0 Å². The Labute approximate surface area is 171 Å². The smallest absolute Gasteiger partial charge is 0.261 e. The van der Waals surface area contributed by atoms with Crippen LogP contribution in [0.3, 0.4) is 0 Å². The number of anilines is 2. The number of nitrogens with zero attached hydrogens (tertiary/aromatic N) is 1. The zero-order chi connectivity index (χ0) is 20.9. The van der Waals surface area contributed by atoms with Crippen molar-refractivity contribution in [2.75, 3.05) is 49.5 Å². The van der Waals surface area contributed by atoms with Gasteiger partial charge in [-0.05, 0) is 49.4 Å². The summed E-state index contributed by atoms with van der Waals surface area (Å²) in [7, 11) is -2.31. The minimum absolute atomic E-state index is 0.118. The average Bonchev–Trinajstić information content (AvgIpc) is 2.74. The van der Waals surface area contributed by atoms with Crippen LogP contribution < -0.4 is 25.0 Å². The second kappa shape index (κ2) is 9.15. The highest BCUT2D eigenvalue weighted by atomic mass is 32.2. The molecule has 1 fully saturated rings. The monoisotopic (exact) mass is 418 g/mol. The maximum absolute atomic E-state index is 13.0. The van der Waals surface area contributed by atoms with Gasteiger partial charge in [0, 0.05) is 38.3 Å². The topological polar surface area (TPSA) is 99.8 Å². The summed E-state index contributed by atoms with van der Waals surface area (Å²) in [6.07, 6.45) is 0. The van der Waals surface area contributed by atoms with Crippen LogP contribution in [-0.2, 0) is 10.0 Å². The summed E-state index contributed by atoms with van der Waals surface area (Å²) in [5, 5.41) is 6.02. The molecule has 3 rings (SSSR count). The first-order valence-electron chi connectivity index (χ1n) is 9.49. The molecule has 1 amide bonds. The number of rotatable bonds is 7. The van der Waals surface area contributed by atoms with Gasteiger partial charge in [0.1, 0.15) is 5.75 Å². The van der Waals surface area contributed by atoms with Crippen LogP contribution in [0.25, 0.3) is 0 Å². The Kier molecular flexibility index (Phi) is 6.60. The molecule has 0 unspecified atom stereocenters. The summed E-state index contributed by atoms with van der Waals surface area (Å²) in [4.78, 5) is 14.5. The molecule has 2 aromatic carbocycles. The highest BCUT2D eigenvalue weighted by molar-refractivity contribution is 7.92. The highest BCUT2D eigenvalue weighted by Crippen LogP contribution is 2.30. The van der Waals surface area contributed by atoms with Gasteiger partial charge in [-0.25, -0.2) is 8.42 Å². The number of ether oxygens (including phenoxy) is 1. The number of sulfonamides is 1. The summed E-state index contributed by atoms with van der Waals surface area (Å²) in [5.41, 5.74) is 1.53. The summed E-state index contributed by atoms with van der Waals surface area (Å²) >= 11 is 0. The Balaban J connectivity index is 1.96. The fraction of sp³-hybridized carbons (Fsp3) is 0.350. The van der Waals surface area contributed by atoms with Gasteiger partial charge in [-0.1, -0.05) is 0 Å². The van der Waals surface area contributed by atoms with Crippen molar-refractivity contribution in [1.29, 1.82) is 0 Å². The molecule has 0 aliphatic carbocycles. The van der Waals surface area contributed by atoms with Crippen molar-refractivity contribution < 1.29 is 17.9 Å².